The summed E-state index contributed by atoms with van der Waals surface area (Å²) in [5.41, 5.74) is 2.91. The number of hydrogen-bond acceptors (Lipinski definition) is 5. The second-order valence-corrected chi connectivity index (χ2v) is 16.2. The van der Waals surface area contributed by atoms with E-state index in [9.17, 15) is 14.4 Å². The third-order valence-corrected chi connectivity index (χ3v) is 13.7. The van der Waals surface area contributed by atoms with Gasteiger partial charge in [0.1, 0.15) is 6.10 Å². The van der Waals surface area contributed by atoms with Crippen LogP contribution in [0.1, 0.15) is 113 Å². The van der Waals surface area contributed by atoms with Gasteiger partial charge < -0.3 is 4.74 Å². The topological polar surface area (TPSA) is 81.7 Å². The summed E-state index contributed by atoms with van der Waals surface area (Å²) >= 11 is 0. The Labute approximate surface area is 247 Å². The van der Waals surface area contributed by atoms with E-state index in [0.29, 0.717) is 5.92 Å². The Hall–Kier alpha value is -1.95. The molecule has 4 saturated carbocycles. The Balaban J connectivity index is 1.52. The molecule has 1 amide bonds. The molecule has 0 aliphatic heterocycles. The molecule has 5 aliphatic rings. The van der Waals surface area contributed by atoms with Crippen LogP contribution in [0.5, 0.6) is 0 Å². The highest BCUT2D eigenvalue weighted by Gasteiger charge is 2.70. The number of amides is 1. The second kappa shape index (κ2) is 9.79. The van der Waals surface area contributed by atoms with Crippen LogP contribution in [-0.4, -0.2) is 30.4 Å². The molecule has 0 aromatic carbocycles. The van der Waals surface area contributed by atoms with E-state index in [-0.39, 0.29) is 69.3 Å². The maximum Gasteiger partial charge on any atom is 0.302 e. The predicted octanol–water partition coefficient (Wildman–Crippen LogP) is 7.13. The fourth-order valence-corrected chi connectivity index (χ4v) is 11.1. The lowest BCUT2D eigenvalue weighted by atomic mass is 9.33. The zero-order chi connectivity index (χ0) is 30.2. The first kappa shape index (κ1) is 30.5. The average molecular weight is 568 g/mol. The van der Waals surface area contributed by atoms with Gasteiger partial charge in [0.25, 0.3) is 0 Å². The van der Waals surface area contributed by atoms with Gasteiger partial charge in [-0.15, -0.1) is 6.58 Å². The fourth-order valence-electron chi connectivity index (χ4n) is 11.1. The minimum Gasteiger partial charge on any atom is -0.462 e. The summed E-state index contributed by atoms with van der Waals surface area (Å²) in [5, 5.41) is 0. The molecule has 1 N–H and O–H groups in total. The molecule has 0 bridgehead atoms. The Morgan fingerprint density at radius 1 is 1.00 bits per heavy atom. The summed E-state index contributed by atoms with van der Waals surface area (Å²) in [6.07, 6.45) is 12.0. The Morgan fingerprint density at radius 2 is 1.68 bits per heavy atom. The van der Waals surface area contributed by atoms with E-state index in [1.165, 1.54) is 12.5 Å². The van der Waals surface area contributed by atoms with Gasteiger partial charge in [0.2, 0.25) is 5.91 Å². The molecule has 9 atom stereocenters. The van der Waals surface area contributed by atoms with E-state index in [2.05, 4.69) is 66.6 Å². The molecule has 228 valence electrons. The molecule has 5 rings (SSSR count). The highest BCUT2D eigenvalue weighted by atomic mass is 16.6. The van der Waals surface area contributed by atoms with Crippen LogP contribution in [0.4, 0.5) is 0 Å². The highest BCUT2D eigenvalue weighted by molar-refractivity contribution is 5.95. The van der Waals surface area contributed by atoms with Crippen LogP contribution >= 0.6 is 0 Å². The molecule has 41 heavy (non-hydrogen) atoms. The van der Waals surface area contributed by atoms with Crippen LogP contribution in [0.25, 0.3) is 0 Å². The molecule has 6 nitrogen and oxygen atoms in total. The molecule has 6 heteroatoms. The van der Waals surface area contributed by atoms with Crippen molar-refractivity contribution >= 4 is 17.7 Å². The number of allylic oxidation sites excluding steroid dienone is 2. The van der Waals surface area contributed by atoms with Gasteiger partial charge in [-0.3, -0.25) is 19.2 Å². The summed E-state index contributed by atoms with van der Waals surface area (Å²) in [6.45, 7) is 21.6. The van der Waals surface area contributed by atoms with Gasteiger partial charge in [0.15, 0.2) is 5.78 Å². The predicted molar refractivity (Wildman–Crippen MR) is 159 cm³/mol. The number of hydroxylamine groups is 1. The SMILES string of the molecule is C=CCONC(=O)[C@@]1(C)CC[C@]2(C)CC[C@]3(C)C(=CC(=O)[C@@H]4[C@@]5(C)CC[C@H](OC(C)=O)C(C)(C)C5CC[C@]43C)[C@@H]2C1. The minimum atomic E-state index is -0.548. The molecule has 1 unspecified atom stereocenters. The Bertz CT molecular complexity index is 1170. The molecule has 0 aromatic rings. The number of hydrogen-bond donors (Lipinski definition) is 1. The van der Waals surface area contributed by atoms with E-state index in [0.717, 1.165) is 57.8 Å². The summed E-state index contributed by atoms with van der Waals surface area (Å²) in [5.74, 6) is 0.430. The second-order valence-electron chi connectivity index (χ2n) is 16.2. The van der Waals surface area contributed by atoms with Gasteiger partial charge in [-0.2, -0.15) is 0 Å². The smallest absolute Gasteiger partial charge is 0.302 e. The first-order chi connectivity index (χ1) is 19.0. The molecule has 0 saturated heterocycles. The van der Waals surface area contributed by atoms with Crippen molar-refractivity contribution in [2.75, 3.05) is 6.61 Å². The van der Waals surface area contributed by atoms with Crippen LogP contribution in [0.2, 0.25) is 0 Å². The quantitative estimate of drug-likeness (QED) is 0.165. The van der Waals surface area contributed by atoms with Crippen LogP contribution < -0.4 is 5.48 Å². The van der Waals surface area contributed by atoms with Crippen molar-refractivity contribution < 1.29 is 24.0 Å². The van der Waals surface area contributed by atoms with Crippen molar-refractivity contribution in [3.8, 4) is 0 Å². The normalized spacial score (nSPS) is 46.5. The lowest BCUT2D eigenvalue weighted by Gasteiger charge is -2.70. The minimum absolute atomic E-state index is 0.0602. The molecule has 4 fully saturated rings. The monoisotopic (exact) mass is 567 g/mol. The van der Waals surface area contributed by atoms with E-state index >= 15 is 0 Å². The highest BCUT2D eigenvalue weighted by Crippen LogP contribution is 2.75. The Morgan fingerprint density at radius 3 is 2.34 bits per heavy atom. The maximum absolute atomic E-state index is 14.5. The Kier molecular flexibility index (Phi) is 7.28. The largest absolute Gasteiger partial charge is 0.462 e. The molecular formula is C35H53NO5. The van der Waals surface area contributed by atoms with Gasteiger partial charge in [-0.1, -0.05) is 60.1 Å². The molecular weight excluding hydrogens is 514 g/mol. The third-order valence-electron chi connectivity index (χ3n) is 13.7. The number of rotatable bonds is 5. The number of ether oxygens (including phenoxy) is 1. The van der Waals surface area contributed by atoms with Crippen molar-refractivity contribution in [2.45, 2.75) is 119 Å². The summed E-state index contributed by atoms with van der Waals surface area (Å²) in [4.78, 5) is 45.2. The van der Waals surface area contributed by atoms with Gasteiger partial charge in [-0.05, 0) is 97.4 Å². The van der Waals surface area contributed by atoms with Crippen LogP contribution in [-0.2, 0) is 24.0 Å². The molecule has 0 radical (unpaired) electrons. The van der Waals surface area contributed by atoms with E-state index < -0.39 is 5.41 Å². The van der Waals surface area contributed by atoms with Crippen molar-refractivity contribution in [3.63, 3.8) is 0 Å². The zero-order valence-corrected chi connectivity index (χ0v) is 26.8. The van der Waals surface area contributed by atoms with Gasteiger partial charge in [0, 0.05) is 23.7 Å². The number of carbonyl (C=O) groups excluding carboxylic acids is 3. The van der Waals surface area contributed by atoms with Gasteiger partial charge >= 0.3 is 5.97 Å². The maximum atomic E-state index is 14.5. The number of fused-ring (bicyclic) bond motifs is 7. The summed E-state index contributed by atoms with van der Waals surface area (Å²) in [6, 6.07) is 0. The lowest BCUT2D eigenvalue weighted by molar-refractivity contribution is -0.210. The molecule has 5 aliphatic carbocycles. The lowest BCUT2D eigenvalue weighted by Crippen LogP contribution is -2.66. The summed E-state index contributed by atoms with van der Waals surface area (Å²) < 4.78 is 5.85. The van der Waals surface area contributed by atoms with Crippen molar-refractivity contribution in [1.29, 1.82) is 0 Å². The third kappa shape index (κ3) is 4.32. The van der Waals surface area contributed by atoms with Crippen molar-refractivity contribution in [3.05, 3.63) is 24.3 Å². The van der Waals surface area contributed by atoms with E-state index in [4.69, 9.17) is 9.57 Å². The van der Waals surface area contributed by atoms with E-state index in [1.54, 1.807) is 6.08 Å². The number of carbonyl (C=O) groups is 3. The zero-order valence-electron chi connectivity index (χ0n) is 26.8. The van der Waals surface area contributed by atoms with Crippen molar-refractivity contribution in [2.24, 2.45) is 50.2 Å². The fraction of sp³-hybridized carbons (Fsp3) is 0.800. The summed E-state index contributed by atoms with van der Waals surface area (Å²) in [7, 11) is 0. The molecule has 0 aromatic heterocycles. The standard InChI is InChI=1S/C35H53NO5/c1-10-19-40-36-29(39)32(6)16-15-31(5)17-18-34(8)23(24(31)21-32)20-25(38)28-33(7)13-12-27(41-22(2)37)30(3,4)26(33)11-14-35(28,34)9/h10,20,24,26-28H,1,11-19,21H2,2-9H3,(H,36,39)/t24-,26?,27-,28+,31+,32-,33-,34+,35+/m0/s1. The number of ketones is 1. The van der Waals surface area contributed by atoms with Crippen molar-refractivity contribution in [1.82, 2.24) is 5.48 Å². The van der Waals surface area contributed by atoms with Crippen LogP contribution in [0.3, 0.4) is 0 Å². The van der Waals surface area contributed by atoms with Crippen LogP contribution in [0.15, 0.2) is 24.3 Å². The average Bonchev–Trinajstić information content (AvgIpc) is 2.88. The first-order valence-electron chi connectivity index (χ1n) is 15.9. The molecule has 0 heterocycles. The molecule has 0 spiro atoms. The van der Waals surface area contributed by atoms with E-state index in [1.807, 2.05) is 0 Å². The van der Waals surface area contributed by atoms with Crippen LogP contribution in [0, 0.1) is 50.2 Å². The van der Waals surface area contributed by atoms with Gasteiger partial charge in [-0.25, -0.2) is 5.48 Å². The number of esters is 1. The number of nitrogens with one attached hydrogen (secondary N) is 1. The first-order valence-corrected chi connectivity index (χ1v) is 15.9. The van der Waals surface area contributed by atoms with Gasteiger partial charge in [0.05, 0.1) is 6.61 Å².